The first-order valence-electron chi connectivity index (χ1n) is 21.2. The Kier molecular flexibility index (Phi) is 9.61. The van der Waals surface area contributed by atoms with Crippen LogP contribution >= 0.6 is 0 Å². The van der Waals surface area contributed by atoms with E-state index >= 15 is 4.39 Å². The average molecular weight is 780 g/mol. The maximum absolute atomic E-state index is 17.1. The van der Waals surface area contributed by atoms with Gasteiger partial charge in [-0.1, -0.05) is 191 Å². The third-order valence-electron chi connectivity index (χ3n) is 12.5. The predicted molar refractivity (Wildman–Crippen MR) is 245 cm³/mol. The largest absolute Gasteiger partial charge is 0.255 e. The van der Waals surface area contributed by atoms with Gasteiger partial charge in [-0.05, 0) is 63.7 Å². The van der Waals surface area contributed by atoms with E-state index < -0.39 is 0 Å². The normalized spacial score (nSPS) is 12.0. The van der Waals surface area contributed by atoms with Crippen molar-refractivity contribution in [2.45, 2.75) is 51.4 Å². The molecule has 0 fully saturated rings. The summed E-state index contributed by atoms with van der Waals surface area (Å²) in [6.45, 7) is 9.17. The highest BCUT2D eigenvalue weighted by atomic mass is 19.1. The van der Waals surface area contributed by atoms with Crippen LogP contribution in [0.25, 0.3) is 44.7 Å². The summed E-state index contributed by atoms with van der Waals surface area (Å²) in [6, 6.07) is 66.2. The van der Waals surface area contributed by atoms with Crippen molar-refractivity contribution in [1.82, 2.24) is 4.57 Å². The van der Waals surface area contributed by atoms with E-state index in [1.165, 1.54) is 38.7 Å². The lowest BCUT2D eigenvalue weighted by Gasteiger charge is -2.26. The fraction of sp³-hybridized carbons (Fsp3) is 0.140. The number of nitrogens with zero attached hydrogens (tertiary/aromatic N) is 2. The van der Waals surface area contributed by atoms with Crippen LogP contribution in [0.5, 0.6) is 0 Å². The molecule has 1 aromatic heterocycles. The number of para-hydroxylation sites is 1. The fourth-order valence-corrected chi connectivity index (χ4v) is 9.88. The molecule has 3 heteroatoms. The van der Waals surface area contributed by atoms with Crippen LogP contribution in [-0.2, 0) is 0 Å². The van der Waals surface area contributed by atoms with Crippen molar-refractivity contribution in [3.05, 3.63) is 245 Å². The summed E-state index contributed by atoms with van der Waals surface area (Å²) in [7, 11) is 0. The minimum Gasteiger partial charge on any atom is -0.207 e. The molecule has 1 heterocycles. The Labute approximate surface area is 352 Å². The smallest absolute Gasteiger partial charge is 0.207 e. The van der Waals surface area contributed by atoms with Crippen molar-refractivity contribution in [3.63, 3.8) is 0 Å². The number of hydrogen-bond acceptors (Lipinski definition) is 0. The van der Waals surface area contributed by atoms with Gasteiger partial charge in [-0.2, -0.15) is 9.13 Å². The molecule has 0 spiro atoms. The van der Waals surface area contributed by atoms with Crippen LogP contribution in [-0.4, -0.2) is 4.57 Å². The SMILES string of the molecule is CC(C)c1cccc(C(C)C)c1-n1c[n+](-c2c(C(c3ccccc3)c3ccccc3)cc(F)cc2C(c2ccccc2)c2ccccc2)c2c1-c1cccc3cccc-2c13. The molecule has 10 rings (SSSR count). The number of halogens is 1. The first-order valence-corrected chi connectivity index (χ1v) is 21.2. The van der Waals surface area contributed by atoms with Crippen LogP contribution < -0.4 is 4.57 Å². The molecule has 1 aliphatic carbocycles. The van der Waals surface area contributed by atoms with E-state index in [1.807, 2.05) is 0 Å². The van der Waals surface area contributed by atoms with E-state index in [1.54, 1.807) is 12.1 Å². The zero-order valence-electron chi connectivity index (χ0n) is 34.6. The number of imidazole rings is 1. The Morgan fingerprint density at radius 3 is 1.30 bits per heavy atom. The lowest BCUT2D eigenvalue weighted by atomic mass is 9.78. The number of hydrogen-bond donors (Lipinski definition) is 0. The van der Waals surface area contributed by atoms with Crippen molar-refractivity contribution < 1.29 is 8.96 Å². The Balaban J connectivity index is 1.41. The molecule has 0 saturated carbocycles. The number of benzene rings is 8. The Hall–Kier alpha value is -6.84. The summed E-state index contributed by atoms with van der Waals surface area (Å²) in [5.74, 6) is -0.244. The number of rotatable bonds is 10. The first-order chi connectivity index (χ1) is 29.4. The summed E-state index contributed by atoms with van der Waals surface area (Å²) in [4.78, 5) is 0. The number of aromatic nitrogens is 2. The molecule has 0 amide bonds. The van der Waals surface area contributed by atoms with Gasteiger partial charge in [-0.15, -0.1) is 0 Å². The molecule has 0 unspecified atom stereocenters. The van der Waals surface area contributed by atoms with E-state index in [-0.39, 0.29) is 29.5 Å². The molecule has 60 heavy (non-hydrogen) atoms. The van der Waals surface area contributed by atoms with Crippen molar-refractivity contribution in [3.8, 4) is 33.9 Å². The van der Waals surface area contributed by atoms with E-state index in [4.69, 9.17) is 0 Å². The molecule has 292 valence electrons. The van der Waals surface area contributed by atoms with Gasteiger partial charge in [0.05, 0.1) is 0 Å². The zero-order valence-corrected chi connectivity index (χ0v) is 34.6. The van der Waals surface area contributed by atoms with Crippen molar-refractivity contribution in [2.24, 2.45) is 0 Å². The van der Waals surface area contributed by atoms with Gasteiger partial charge in [0.25, 0.3) is 6.33 Å². The number of fused-ring (bicyclic) bond motifs is 3. The van der Waals surface area contributed by atoms with Crippen molar-refractivity contribution >= 4 is 10.8 Å². The van der Waals surface area contributed by atoms with Crippen molar-refractivity contribution in [1.29, 1.82) is 0 Å². The molecule has 0 saturated heterocycles. The minimum absolute atomic E-state index is 0.258. The summed E-state index contributed by atoms with van der Waals surface area (Å²) in [5.41, 5.74) is 15.7. The molecule has 9 aromatic rings. The van der Waals surface area contributed by atoms with Gasteiger partial charge in [0.2, 0.25) is 0 Å². The van der Waals surface area contributed by atoms with Crippen LogP contribution in [0.15, 0.2) is 194 Å². The van der Waals surface area contributed by atoms with Gasteiger partial charge in [-0.3, -0.25) is 0 Å². The maximum Gasteiger partial charge on any atom is 0.255 e. The topological polar surface area (TPSA) is 8.81 Å². The zero-order chi connectivity index (χ0) is 40.9. The second-order valence-electron chi connectivity index (χ2n) is 16.8. The van der Waals surface area contributed by atoms with Gasteiger partial charge >= 0.3 is 0 Å². The van der Waals surface area contributed by atoms with Crippen LogP contribution in [0, 0.1) is 5.82 Å². The Morgan fingerprint density at radius 2 is 0.867 bits per heavy atom. The summed E-state index contributed by atoms with van der Waals surface area (Å²) in [5, 5.41) is 2.45. The van der Waals surface area contributed by atoms with Crippen LogP contribution in [0.2, 0.25) is 0 Å². The van der Waals surface area contributed by atoms with E-state index in [0.29, 0.717) is 0 Å². The Bertz CT molecular complexity index is 2770. The Morgan fingerprint density at radius 1 is 0.450 bits per heavy atom. The molecule has 0 bridgehead atoms. The van der Waals surface area contributed by atoms with E-state index in [9.17, 15) is 0 Å². The van der Waals surface area contributed by atoms with Gasteiger partial charge < -0.3 is 0 Å². The summed E-state index contributed by atoms with van der Waals surface area (Å²) < 4.78 is 22.0. The average Bonchev–Trinajstić information content (AvgIpc) is 3.82. The fourth-order valence-electron chi connectivity index (χ4n) is 9.88. The molecule has 0 N–H and O–H groups in total. The van der Waals surface area contributed by atoms with Crippen LogP contribution in [0.1, 0.15) is 95.9 Å². The molecule has 0 atom stereocenters. The van der Waals surface area contributed by atoms with Gasteiger partial charge in [0.15, 0.2) is 11.4 Å². The second kappa shape index (κ2) is 15.4. The van der Waals surface area contributed by atoms with Gasteiger partial charge in [0, 0.05) is 50.6 Å². The predicted octanol–water partition coefficient (Wildman–Crippen LogP) is 14.3. The van der Waals surface area contributed by atoms with Gasteiger partial charge in [-0.25, -0.2) is 4.39 Å². The summed E-state index contributed by atoms with van der Waals surface area (Å²) in [6.07, 6.45) is 2.33. The molecule has 1 aliphatic rings. The molecule has 8 aromatic carbocycles. The molecular weight excluding hydrogens is 732 g/mol. The van der Waals surface area contributed by atoms with Crippen LogP contribution in [0.4, 0.5) is 4.39 Å². The lowest BCUT2D eigenvalue weighted by Crippen LogP contribution is -2.36. The van der Waals surface area contributed by atoms with Gasteiger partial charge in [0.1, 0.15) is 17.2 Å². The summed E-state index contributed by atoms with van der Waals surface area (Å²) >= 11 is 0. The monoisotopic (exact) mass is 779 g/mol. The minimum atomic E-state index is -0.274. The van der Waals surface area contributed by atoms with Crippen molar-refractivity contribution in [2.75, 3.05) is 0 Å². The standard InChI is InChI=1S/C57H48FN2/c1-37(2)45-30-19-31-46(38(3)4)54(45)59-36-60(57-48-33-18-29-43-28-17-32-47(53(43)48)56(57)59)55-49(51(39-20-9-5-10-21-39)40-22-11-6-12-23-40)34-44(58)35-50(55)52(41-24-13-7-14-25-41)42-26-15-8-16-27-42/h5-38,51-52H,1-4H3/q+1. The molecule has 2 nitrogen and oxygen atoms in total. The van der Waals surface area contributed by atoms with Crippen LogP contribution in [0.3, 0.4) is 0 Å². The lowest BCUT2D eigenvalue weighted by molar-refractivity contribution is -0.584. The highest BCUT2D eigenvalue weighted by molar-refractivity contribution is 6.13. The molecule has 0 aliphatic heterocycles. The third kappa shape index (κ3) is 6.28. The second-order valence-corrected chi connectivity index (χ2v) is 16.8. The van der Waals surface area contributed by atoms with E-state index in [2.05, 4.69) is 219 Å². The third-order valence-corrected chi connectivity index (χ3v) is 12.5. The highest BCUT2D eigenvalue weighted by Gasteiger charge is 2.41. The maximum atomic E-state index is 17.1. The highest BCUT2D eigenvalue weighted by Crippen LogP contribution is 2.50. The quantitative estimate of drug-likeness (QED) is 0.0966. The molecular formula is C57H48FN2+. The molecule has 0 radical (unpaired) electrons. The first kappa shape index (κ1) is 37.4. The van der Waals surface area contributed by atoms with E-state index in [0.717, 1.165) is 50.5 Å².